The molecule has 0 bridgehead atoms. The zero-order chi connectivity index (χ0) is 14.4. The van der Waals surface area contributed by atoms with Crippen molar-refractivity contribution in [2.45, 2.75) is 38.8 Å². The molecule has 0 unspecified atom stereocenters. The zero-order valence-electron chi connectivity index (χ0n) is 12.2. The van der Waals surface area contributed by atoms with Gasteiger partial charge in [-0.25, -0.2) is 0 Å². The van der Waals surface area contributed by atoms with E-state index in [-0.39, 0.29) is 11.9 Å². The highest BCUT2D eigenvalue weighted by molar-refractivity contribution is 5.92. The summed E-state index contributed by atoms with van der Waals surface area (Å²) in [5.41, 5.74) is 0.667. The van der Waals surface area contributed by atoms with E-state index in [1.165, 1.54) is 0 Å². The van der Waals surface area contributed by atoms with Gasteiger partial charge in [-0.3, -0.25) is 14.4 Å². The second kappa shape index (κ2) is 7.24. The van der Waals surface area contributed by atoms with Gasteiger partial charge in [-0.05, 0) is 25.3 Å². The number of aromatic nitrogens is 2. The van der Waals surface area contributed by atoms with Crippen molar-refractivity contribution in [2.75, 3.05) is 19.6 Å². The van der Waals surface area contributed by atoms with Gasteiger partial charge in [0.05, 0.1) is 0 Å². The van der Waals surface area contributed by atoms with Gasteiger partial charge in [0.15, 0.2) is 0 Å². The number of likely N-dealkylation sites (tertiary alicyclic amines) is 1. The van der Waals surface area contributed by atoms with Gasteiger partial charge < -0.3 is 5.32 Å². The Kier molecular flexibility index (Phi) is 5.35. The Morgan fingerprint density at radius 1 is 1.55 bits per heavy atom. The Balaban J connectivity index is 1.86. The minimum Gasteiger partial charge on any atom is -0.348 e. The number of hydrogen-bond acceptors (Lipinski definition) is 3. The number of rotatable bonds is 6. The van der Waals surface area contributed by atoms with Crippen LogP contribution >= 0.6 is 0 Å². The van der Waals surface area contributed by atoms with Crippen LogP contribution in [-0.4, -0.2) is 46.3 Å². The Hall–Kier alpha value is -1.62. The fourth-order valence-electron chi connectivity index (χ4n) is 2.62. The maximum atomic E-state index is 12.3. The van der Waals surface area contributed by atoms with Gasteiger partial charge >= 0.3 is 0 Å². The normalized spacial score (nSPS) is 17.1. The van der Waals surface area contributed by atoms with Gasteiger partial charge in [0.2, 0.25) is 0 Å². The van der Waals surface area contributed by atoms with Crippen LogP contribution in [0.4, 0.5) is 0 Å². The van der Waals surface area contributed by atoms with Crippen LogP contribution in [0.15, 0.2) is 24.9 Å². The third-order valence-electron chi connectivity index (χ3n) is 3.69. The molecule has 2 heterocycles. The number of amides is 1. The fourth-order valence-corrected chi connectivity index (χ4v) is 2.62. The summed E-state index contributed by atoms with van der Waals surface area (Å²) in [5.74, 6) is -0.00174. The third-order valence-corrected chi connectivity index (χ3v) is 3.69. The molecule has 0 aliphatic carbocycles. The van der Waals surface area contributed by atoms with E-state index in [0.717, 1.165) is 45.4 Å². The van der Waals surface area contributed by atoms with Crippen molar-refractivity contribution < 1.29 is 4.79 Å². The van der Waals surface area contributed by atoms with E-state index in [2.05, 4.69) is 28.8 Å². The Morgan fingerprint density at radius 3 is 2.95 bits per heavy atom. The van der Waals surface area contributed by atoms with E-state index < -0.39 is 0 Å². The molecule has 0 atom stereocenters. The number of carbonyl (C=O) groups is 1. The molecular weight excluding hydrogens is 252 g/mol. The number of nitrogens with zero attached hydrogens (tertiary/aromatic N) is 3. The van der Waals surface area contributed by atoms with Crippen molar-refractivity contribution in [3.63, 3.8) is 0 Å². The van der Waals surface area contributed by atoms with E-state index in [1.807, 2.05) is 6.08 Å². The quantitative estimate of drug-likeness (QED) is 0.804. The first-order valence-corrected chi connectivity index (χ1v) is 7.40. The van der Waals surface area contributed by atoms with Crippen molar-refractivity contribution in [2.24, 2.45) is 0 Å². The van der Waals surface area contributed by atoms with Gasteiger partial charge in [0.1, 0.15) is 5.69 Å². The smallest absolute Gasteiger partial charge is 0.269 e. The van der Waals surface area contributed by atoms with Crippen molar-refractivity contribution in [3.8, 4) is 0 Å². The van der Waals surface area contributed by atoms with Crippen LogP contribution in [-0.2, 0) is 6.54 Å². The maximum absolute atomic E-state index is 12.3. The Morgan fingerprint density at radius 2 is 2.30 bits per heavy atom. The minimum atomic E-state index is -0.00174. The largest absolute Gasteiger partial charge is 0.348 e. The van der Waals surface area contributed by atoms with Crippen LogP contribution in [0.25, 0.3) is 0 Å². The summed E-state index contributed by atoms with van der Waals surface area (Å²) in [6.07, 6.45) is 6.60. The summed E-state index contributed by atoms with van der Waals surface area (Å²) in [5, 5.41) is 7.32. The van der Waals surface area contributed by atoms with E-state index in [9.17, 15) is 4.79 Å². The SMILES string of the molecule is C=CCN1CCC(NC(=O)c2ccnn2CCC)CC1. The molecule has 1 amide bonds. The van der Waals surface area contributed by atoms with Crippen LogP contribution in [0, 0.1) is 0 Å². The van der Waals surface area contributed by atoms with Crippen LogP contribution in [0.1, 0.15) is 36.7 Å². The van der Waals surface area contributed by atoms with E-state index in [4.69, 9.17) is 0 Å². The van der Waals surface area contributed by atoms with Crippen molar-refractivity contribution in [3.05, 3.63) is 30.6 Å². The van der Waals surface area contributed by atoms with Gasteiger partial charge in [-0.1, -0.05) is 13.0 Å². The highest BCUT2D eigenvalue weighted by Gasteiger charge is 2.21. The summed E-state index contributed by atoms with van der Waals surface area (Å²) in [6, 6.07) is 2.06. The maximum Gasteiger partial charge on any atom is 0.269 e. The molecule has 0 aromatic carbocycles. The van der Waals surface area contributed by atoms with Crippen LogP contribution in [0.2, 0.25) is 0 Å². The summed E-state index contributed by atoms with van der Waals surface area (Å²) in [4.78, 5) is 14.6. The Labute approximate surface area is 120 Å². The van der Waals surface area contributed by atoms with Crippen LogP contribution in [0.3, 0.4) is 0 Å². The van der Waals surface area contributed by atoms with Gasteiger partial charge in [0.25, 0.3) is 5.91 Å². The van der Waals surface area contributed by atoms with Crippen molar-refractivity contribution in [1.82, 2.24) is 20.0 Å². The molecule has 0 saturated carbocycles. The van der Waals surface area contributed by atoms with E-state index >= 15 is 0 Å². The Bertz CT molecular complexity index is 446. The van der Waals surface area contributed by atoms with Gasteiger partial charge in [0, 0.05) is 38.4 Å². The lowest BCUT2D eigenvalue weighted by Gasteiger charge is -2.31. The first-order chi connectivity index (χ1) is 9.74. The van der Waals surface area contributed by atoms with Crippen LogP contribution in [0.5, 0.6) is 0 Å². The molecule has 1 saturated heterocycles. The summed E-state index contributed by atoms with van der Waals surface area (Å²) < 4.78 is 1.78. The van der Waals surface area contributed by atoms with Crippen molar-refractivity contribution >= 4 is 5.91 Å². The molecule has 1 aromatic heterocycles. The lowest BCUT2D eigenvalue weighted by atomic mass is 10.0. The van der Waals surface area contributed by atoms with Crippen molar-refractivity contribution in [1.29, 1.82) is 0 Å². The monoisotopic (exact) mass is 276 g/mol. The van der Waals surface area contributed by atoms with Crippen LogP contribution < -0.4 is 5.32 Å². The van der Waals surface area contributed by atoms with Gasteiger partial charge in [-0.15, -0.1) is 6.58 Å². The molecule has 1 N–H and O–H groups in total. The fraction of sp³-hybridized carbons (Fsp3) is 0.600. The molecule has 0 radical (unpaired) electrons. The molecular formula is C15H24N4O. The number of carbonyl (C=O) groups excluding carboxylic acids is 1. The van der Waals surface area contributed by atoms with E-state index in [0.29, 0.717) is 5.69 Å². The standard InChI is InChI=1S/C15H24N4O/c1-3-9-18-11-6-13(7-12-18)17-15(20)14-5-8-16-19(14)10-4-2/h3,5,8,13H,1,4,6-7,9-12H2,2H3,(H,17,20). The first kappa shape index (κ1) is 14.8. The lowest BCUT2D eigenvalue weighted by molar-refractivity contribution is 0.0903. The lowest BCUT2D eigenvalue weighted by Crippen LogP contribution is -2.45. The highest BCUT2D eigenvalue weighted by Crippen LogP contribution is 2.11. The minimum absolute atomic E-state index is 0.00174. The number of aryl methyl sites for hydroxylation is 1. The molecule has 1 aromatic rings. The molecule has 110 valence electrons. The molecule has 5 nitrogen and oxygen atoms in total. The average molecular weight is 276 g/mol. The molecule has 20 heavy (non-hydrogen) atoms. The summed E-state index contributed by atoms with van der Waals surface area (Å²) in [7, 11) is 0. The molecule has 5 heteroatoms. The molecule has 1 fully saturated rings. The predicted octanol–water partition coefficient (Wildman–Crippen LogP) is 1.67. The summed E-state index contributed by atoms with van der Waals surface area (Å²) in [6.45, 7) is 9.60. The molecule has 1 aliphatic rings. The first-order valence-electron chi connectivity index (χ1n) is 7.40. The topological polar surface area (TPSA) is 50.2 Å². The summed E-state index contributed by atoms with van der Waals surface area (Å²) >= 11 is 0. The molecule has 2 rings (SSSR count). The third kappa shape index (κ3) is 3.70. The number of nitrogens with one attached hydrogen (secondary N) is 1. The second-order valence-electron chi connectivity index (χ2n) is 5.28. The average Bonchev–Trinajstić information content (AvgIpc) is 2.90. The predicted molar refractivity (Wildman–Crippen MR) is 79.6 cm³/mol. The zero-order valence-corrected chi connectivity index (χ0v) is 12.2. The highest BCUT2D eigenvalue weighted by atomic mass is 16.2. The molecule has 1 aliphatic heterocycles. The second-order valence-corrected chi connectivity index (χ2v) is 5.28. The van der Waals surface area contributed by atoms with E-state index in [1.54, 1.807) is 16.9 Å². The molecule has 0 spiro atoms. The number of hydrogen-bond donors (Lipinski definition) is 1. The number of piperidine rings is 1. The van der Waals surface area contributed by atoms with Gasteiger partial charge in [-0.2, -0.15) is 5.10 Å².